The number of ether oxygens (including phenoxy) is 4. The Kier molecular flexibility index (Phi) is 10.1. The van der Waals surface area contributed by atoms with Crippen molar-refractivity contribution in [3.05, 3.63) is 59.2 Å². The molecule has 0 atom stereocenters. The number of methoxy groups -OCH3 is 2. The molecule has 0 radical (unpaired) electrons. The lowest BCUT2D eigenvalue weighted by atomic mass is 9.86. The Morgan fingerprint density at radius 3 is 2.07 bits per heavy atom. The lowest BCUT2D eigenvalue weighted by molar-refractivity contribution is 0.00686. The highest BCUT2D eigenvalue weighted by Crippen LogP contribution is 2.33. The fraction of sp³-hybridized carbons (Fsp3) is 0.545. The van der Waals surface area contributed by atoms with Crippen molar-refractivity contribution in [1.82, 2.24) is 4.90 Å². The molecule has 1 aliphatic carbocycles. The van der Waals surface area contributed by atoms with E-state index in [9.17, 15) is 14.4 Å². The second kappa shape index (κ2) is 13.6. The van der Waals surface area contributed by atoms with Gasteiger partial charge in [0.25, 0.3) is 0 Å². The van der Waals surface area contributed by atoms with Gasteiger partial charge in [-0.2, -0.15) is 0 Å². The zero-order chi connectivity index (χ0) is 30.4. The van der Waals surface area contributed by atoms with E-state index in [1.807, 2.05) is 45.0 Å². The Morgan fingerprint density at radius 2 is 1.50 bits per heavy atom. The molecule has 1 saturated heterocycles. The van der Waals surface area contributed by atoms with Crippen molar-refractivity contribution >= 4 is 23.6 Å². The van der Waals surface area contributed by atoms with Gasteiger partial charge in [0.1, 0.15) is 17.5 Å². The summed E-state index contributed by atoms with van der Waals surface area (Å²) in [7, 11) is 2.56. The van der Waals surface area contributed by atoms with Gasteiger partial charge in [-0.25, -0.2) is 14.4 Å². The molecule has 0 aromatic heterocycles. The van der Waals surface area contributed by atoms with Crippen molar-refractivity contribution in [2.24, 2.45) is 5.92 Å². The van der Waals surface area contributed by atoms with Gasteiger partial charge >= 0.3 is 17.9 Å². The number of rotatable bonds is 10. The molecule has 0 N–H and O–H groups in total. The van der Waals surface area contributed by atoms with Gasteiger partial charge in [0.05, 0.1) is 30.9 Å². The maximum atomic E-state index is 12.3. The summed E-state index contributed by atoms with van der Waals surface area (Å²) in [5.74, 6) is -0.310. The number of anilines is 1. The molecule has 42 heavy (non-hydrogen) atoms. The number of hydrogen-bond donors (Lipinski definition) is 0. The van der Waals surface area contributed by atoms with Crippen LogP contribution in [0.2, 0.25) is 0 Å². The Bertz CT molecular complexity index is 1240. The second-order valence-corrected chi connectivity index (χ2v) is 12.1. The molecule has 0 bridgehead atoms. The van der Waals surface area contributed by atoms with Crippen LogP contribution in [0, 0.1) is 5.92 Å². The van der Waals surface area contributed by atoms with Crippen molar-refractivity contribution in [2.75, 3.05) is 45.3 Å². The second-order valence-electron chi connectivity index (χ2n) is 12.1. The van der Waals surface area contributed by atoms with Crippen LogP contribution in [0.5, 0.6) is 5.75 Å². The molecule has 228 valence electrons. The monoisotopic (exact) mass is 580 g/mol. The Hall–Kier alpha value is -3.59. The number of nitrogens with zero attached hydrogens (tertiary/aromatic N) is 2. The first-order valence-corrected chi connectivity index (χ1v) is 14.8. The van der Waals surface area contributed by atoms with Crippen LogP contribution in [-0.4, -0.2) is 81.0 Å². The number of carbonyl (C=O) groups excluding carboxylic acids is 3. The third kappa shape index (κ3) is 7.82. The maximum Gasteiger partial charge on any atom is 0.338 e. The van der Waals surface area contributed by atoms with Crippen LogP contribution in [-0.2, 0) is 14.2 Å². The number of benzene rings is 2. The molecule has 9 nitrogen and oxygen atoms in total. The molecule has 4 rings (SSSR count). The molecular formula is C33H44N2O7. The predicted molar refractivity (Wildman–Crippen MR) is 160 cm³/mol. The Morgan fingerprint density at radius 1 is 0.881 bits per heavy atom. The minimum atomic E-state index is -0.603. The lowest BCUT2D eigenvalue weighted by Crippen LogP contribution is -2.51. The van der Waals surface area contributed by atoms with Crippen LogP contribution in [0.3, 0.4) is 0 Å². The SMILES string of the molecule is CCN(CC1CCN(c2ccc(C(=O)OC(C)(C)C)cc2)CC1)[C@H]1C[C@H](Oc2ccc(C(=O)OC)c(C(=O)OC)c2)C1. The van der Waals surface area contributed by atoms with E-state index in [1.165, 1.54) is 14.2 Å². The summed E-state index contributed by atoms with van der Waals surface area (Å²) in [6, 6.07) is 13.0. The number of carbonyl (C=O) groups is 3. The predicted octanol–water partition coefficient (Wildman–Crippen LogP) is 5.36. The van der Waals surface area contributed by atoms with E-state index >= 15 is 0 Å². The lowest BCUT2D eigenvalue weighted by Gasteiger charge is -2.44. The standard InChI is InChI=1S/C33H44N2O7/c1-7-34(25-18-27(19-25)41-26-12-13-28(31(37)39-5)29(20-26)32(38)40-6)21-22-14-16-35(17-15-22)24-10-8-23(9-11-24)30(36)42-33(2,3)4/h8-13,20,22,25,27H,7,14-19,21H2,1-6H3/t25-,27-. The molecule has 2 fully saturated rings. The molecule has 1 heterocycles. The fourth-order valence-electron chi connectivity index (χ4n) is 5.68. The smallest absolute Gasteiger partial charge is 0.338 e. The highest BCUT2D eigenvalue weighted by molar-refractivity contribution is 6.03. The summed E-state index contributed by atoms with van der Waals surface area (Å²) < 4.78 is 21.3. The van der Waals surface area contributed by atoms with Gasteiger partial charge in [-0.15, -0.1) is 0 Å². The molecule has 9 heteroatoms. The topological polar surface area (TPSA) is 94.6 Å². The van der Waals surface area contributed by atoms with Crippen molar-refractivity contribution in [1.29, 1.82) is 0 Å². The van der Waals surface area contributed by atoms with Crippen molar-refractivity contribution in [3.8, 4) is 5.75 Å². The minimum Gasteiger partial charge on any atom is -0.490 e. The van der Waals surface area contributed by atoms with Crippen molar-refractivity contribution in [2.45, 2.75) is 71.1 Å². The van der Waals surface area contributed by atoms with Gasteiger partial charge in [-0.05, 0) is 88.5 Å². The quantitative estimate of drug-likeness (QED) is 0.272. The number of esters is 3. The van der Waals surface area contributed by atoms with E-state index in [-0.39, 0.29) is 23.2 Å². The minimum absolute atomic E-state index is 0.0593. The summed E-state index contributed by atoms with van der Waals surface area (Å²) in [5.41, 5.74) is 1.50. The normalized spacial score (nSPS) is 19.2. The summed E-state index contributed by atoms with van der Waals surface area (Å²) >= 11 is 0. The zero-order valence-electron chi connectivity index (χ0n) is 25.7. The average Bonchev–Trinajstić information content (AvgIpc) is 2.96. The van der Waals surface area contributed by atoms with Gasteiger partial charge in [0, 0.05) is 44.2 Å². The first-order valence-electron chi connectivity index (χ1n) is 14.8. The van der Waals surface area contributed by atoms with E-state index in [2.05, 4.69) is 16.7 Å². The largest absolute Gasteiger partial charge is 0.490 e. The van der Waals surface area contributed by atoms with E-state index in [0.717, 1.165) is 57.5 Å². The van der Waals surface area contributed by atoms with E-state index in [0.29, 0.717) is 23.3 Å². The molecule has 0 amide bonds. The van der Waals surface area contributed by atoms with Crippen LogP contribution in [0.15, 0.2) is 42.5 Å². The van der Waals surface area contributed by atoms with Gasteiger partial charge < -0.3 is 28.7 Å². The van der Waals surface area contributed by atoms with E-state index in [4.69, 9.17) is 18.9 Å². The third-order valence-corrected chi connectivity index (χ3v) is 8.07. The van der Waals surface area contributed by atoms with Crippen molar-refractivity contribution < 1.29 is 33.3 Å². The molecule has 1 saturated carbocycles. The highest BCUT2D eigenvalue weighted by atomic mass is 16.6. The number of hydrogen-bond acceptors (Lipinski definition) is 9. The third-order valence-electron chi connectivity index (χ3n) is 8.07. The number of piperidine rings is 1. The summed E-state index contributed by atoms with van der Waals surface area (Å²) in [5, 5.41) is 0. The maximum absolute atomic E-state index is 12.3. The van der Waals surface area contributed by atoms with Gasteiger partial charge in [-0.3, -0.25) is 0 Å². The summed E-state index contributed by atoms with van der Waals surface area (Å²) in [4.78, 5) is 41.5. The molecule has 0 unspecified atom stereocenters. The van der Waals surface area contributed by atoms with E-state index in [1.54, 1.807) is 18.2 Å². The first kappa shape index (κ1) is 31.3. The molecule has 2 aromatic carbocycles. The van der Waals surface area contributed by atoms with Crippen LogP contribution < -0.4 is 9.64 Å². The Balaban J connectivity index is 1.24. The molecule has 0 spiro atoms. The van der Waals surface area contributed by atoms with Crippen LogP contribution in [0.1, 0.15) is 84.5 Å². The fourth-order valence-corrected chi connectivity index (χ4v) is 5.68. The average molecular weight is 581 g/mol. The first-order chi connectivity index (χ1) is 20.0. The molecule has 2 aliphatic rings. The highest BCUT2D eigenvalue weighted by Gasteiger charge is 2.36. The Labute approximate surface area is 249 Å². The van der Waals surface area contributed by atoms with Crippen molar-refractivity contribution in [3.63, 3.8) is 0 Å². The summed E-state index contributed by atoms with van der Waals surface area (Å²) in [6.07, 6.45) is 4.15. The molecular weight excluding hydrogens is 536 g/mol. The van der Waals surface area contributed by atoms with E-state index < -0.39 is 17.5 Å². The zero-order valence-corrected chi connectivity index (χ0v) is 25.7. The molecule has 1 aliphatic heterocycles. The van der Waals surface area contributed by atoms with Crippen LogP contribution >= 0.6 is 0 Å². The summed E-state index contributed by atoms with van der Waals surface area (Å²) in [6.45, 7) is 11.9. The van der Waals surface area contributed by atoms with Gasteiger partial charge in [0.2, 0.25) is 0 Å². The van der Waals surface area contributed by atoms with Gasteiger partial charge in [0.15, 0.2) is 0 Å². The van der Waals surface area contributed by atoms with Gasteiger partial charge in [-0.1, -0.05) is 6.92 Å². The van der Waals surface area contributed by atoms with Crippen LogP contribution in [0.25, 0.3) is 0 Å². The van der Waals surface area contributed by atoms with Crippen LogP contribution in [0.4, 0.5) is 5.69 Å². The molecule has 2 aromatic rings.